The molecule has 0 radical (unpaired) electrons. The number of hydrogen-bond donors (Lipinski definition) is 2. The van der Waals surface area contributed by atoms with Gasteiger partial charge in [0.1, 0.15) is 10.6 Å². The molecule has 2 aliphatic carbocycles. The van der Waals surface area contributed by atoms with E-state index < -0.39 is 23.8 Å². The Morgan fingerprint density at radius 3 is 2.37 bits per heavy atom. The first-order valence-electron chi connectivity index (χ1n) is 9.51. The summed E-state index contributed by atoms with van der Waals surface area (Å²) >= 11 is 7.26. The monoisotopic (exact) mass is 445 g/mol. The number of methoxy groups -OCH3 is 1. The van der Waals surface area contributed by atoms with Gasteiger partial charge < -0.3 is 15.2 Å². The van der Waals surface area contributed by atoms with E-state index in [0.29, 0.717) is 22.0 Å². The van der Waals surface area contributed by atoms with E-state index in [-0.39, 0.29) is 23.3 Å². The van der Waals surface area contributed by atoms with Gasteiger partial charge in [-0.25, -0.2) is 4.79 Å². The molecule has 2 N–H and O–H groups in total. The number of nitrogens with one attached hydrogen (secondary N) is 1. The smallest absolute Gasteiger partial charge is 0.341 e. The number of benzene rings is 1. The molecule has 4 rings (SSSR count). The fraction of sp³-hybridized carbons (Fsp3) is 0.318. The minimum Gasteiger partial charge on any atom is -0.481 e. The van der Waals surface area contributed by atoms with Gasteiger partial charge in [0.2, 0.25) is 5.91 Å². The quantitative estimate of drug-likeness (QED) is 0.517. The van der Waals surface area contributed by atoms with Crippen LogP contribution in [0.2, 0.25) is 5.02 Å². The third-order valence-corrected chi connectivity index (χ3v) is 7.16. The van der Waals surface area contributed by atoms with Crippen LogP contribution in [0.1, 0.15) is 21.7 Å². The standard InChI is InChI=1S/C22H20ClNO5S/c1-10-15(11-5-7-14(23)8-6-11)18(22(28)29-2)20(30-10)24-19(25)16-12-3-4-13(9-12)17(16)21(26)27/h3-8,12-13,16-17H,9H2,1-2H3,(H,24,25)(H,26,27)/t12-,13-,16-,17-/m0/s1. The third-order valence-electron chi connectivity index (χ3n) is 5.89. The summed E-state index contributed by atoms with van der Waals surface area (Å²) in [5, 5.41) is 13.4. The van der Waals surface area contributed by atoms with Gasteiger partial charge in [-0.1, -0.05) is 35.9 Å². The number of carbonyl (C=O) groups is 3. The van der Waals surface area contributed by atoms with Gasteiger partial charge in [-0.2, -0.15) is 0 Å². The number of carboxylic acid groups (broad SMARTS) is 1. The molecule has 2 aliphatic rings. The van der Waals surface area contributed by atoms with Crippen LogP contribution in [0, 0.1) is 30.6 Å². The Labute approximate surface area is 182 Å². The van der Waals surface area contributed by atoms with E-state index in [1.54, 1.807) is 24.3 Å². The lowest BCUT2D eigenvalue weighted by Crippen LogP contribution is -2.36. The number of halogens is 1. The highest BCUT2D eigenvalue weighted by Crippen LogP contribution is 2.49. The Balaban J connectivity index is 1.71. The summed E-state index contributed by atoms with van der Waals surface area (Å²) in [5.41, 5.74) is 1.71. The lowest BCUT2D eigenvalue weighted by Gasteiger charge is -2.23. The Morgan fingerprint density at radius 2 is 1.77 bits per heavy atom. The summed E-state index contributed by atoms with van der Waals surface area (Å²) in [6.45, 7) is 1.86. The fourth-order valence-corrected chi connectivity index (χ4v) is 5.80. The van der Waals surface area contributed by atoms with Crippen LogP contribution >= 0.6 is 22.9 Å². The molecular formula is C22H20ClNO5S. The van der Waals surface area contributed by atoms with Crippen LogP contribution in [-0.4, -0.2) is 30.1 Å². The fourth-order valence-electron chi connectivity index (χ4n) is 4.61. The molecule has 1 heterocycles. The second-order valence-electron chi connectivity index (χ2n) is 7.56. The van der Waals surface area contributed by atoms with E-state index in [2.05, 4.69) is 5.32 Å². The minimum atomic E-state index is -0.968. The summed E-state index contributed by atoms with van der Waals surface area (Å²) in [7, 11) is 1.29. The van der Waals surface area contributed by atoms with Crippen LogP contribution < -0.4 is 5.32 Å². The topological polar surface area (TPSA) is 92.7 Å². The molecule has 8 heteroatoms. The number of fused-ring (bicyclic) bond motifs is 2. The van der Waals surface area contributed by atoms with Gasteiger partial charge in [-0.15, -0.1) is 11.3 Å². The zero-order chi connectivity index (χ0) is 21.6. The maximum absolute atomic E-state index is 13.1. The summed E-state index contributed by atoms with van der Waals surface area (Å²) in [5.74, 6) is -3.56. The van der Waals surface area contributed by atoms with Gasteiger partial charge >= 0.3 is 11.9 Å². The van der Waals surface area contributed by atoms with E-state index >= 15 is 0 Å². The molecule has 1 fully saturated rings. The molecular weight excluding hydrogens is 426 g/mol. The largest absolute Gasteiger partial charge is 0.481 e. The van der Waals surface area contributed by atoms with Gasteiger partial charge in [-0.05, 0) is 42.9 Å². The lowest BCUT2D eigenvalue weighted by atomic mass is 9.82. The van der Waals surface area contributed by atoms with Crippen molar-refractivity contribution < 1.29 is 24.2 Å². The molecule has 6 nitrogen and oxygen atoms in total. The molecule has 2 aromatic rings. The van der Waals surface area contributed by atoms with E-state index in [4.69, 9.17) is 16.3 Å². The van der Waals surface area contributed by atoms with Crippen LogP contribution in [0.25, 0.3) is 11.1 Å². The number of carboxylic acids is 1. The normalized spacial score (nSPS) is 24.1. The SMILES string of the molecule is COC(=O)c1c(NC(=O)[C@@H]2[C@@H](C(=O)O)[C@H]3C=C[C@H]2C3)sc(C)c1-c1ccc(Cl)cc1. The van der Waals surface area contributed by atoms with Crippen molar-refractivity contribution in [2.75, 3.05) is 12.4 Å². The van der Waals surface area contributed by atoms with Crippen LogP contribution in [-0.2, 0) is 14.3 Å². The van der Waals surface area contributed by atoms with Crippen molar-refractivity contribution in [1.29, 1.82) is 0 Å². The van der Waals surface area contributed by atoms with Crippen LogP contribution in [0.4, 0.5) is 5.00 Å². The molecule has 156 valence electrons. The maximum Gasteiger partial charge on any atom is 0.341 e. The molecule has 4 atom stereocenters. The first-order valence-corrected chi connectivity index (χ1v) is 10.7. The van der Waals surface area contributed by atoms with Gasteiger partial charge in [0, 0.05) is 15.5 Å². The van der Waals surface area contributed by atoms with E-state index in [1.165, 1.54) is 18.4 Å². The number of hydrogen-bond acceptors (Lipinski definition) is 5. The predicted octanol–water partition coefficient (Wildman–Crippen LogP) is 4.62. The molecule has 1 saturated carbocycles. The van der Waals surface area contributed by atoms with Crippen LogP contribution in [0.5, 0.6) is 0 Å². The number of thiophene rings is 1. The summed E-state index contributed by atoms with van der Waals surface area (Å²) in [4.78, 5) is 38.3. The van der Waals surface area contributed by atoms with Gasteiger partial charge in [-0.3, -0.25) is 9.59 Å². The number of rotatable bonds is 5. The molecule has 2 bridgehead atoms. The summed E-state index contributed by atoms with van der Waals surface area (Å²) < 4.78 is 4.98. The summed E-state index contributed by atoms with van der Waals surface area (Å²) in [6, 6.07) is 7.06. The number of anilines is 1. The number of aryl methyl sites for hydroxylation is 1. The number of amides is 1. The molecule has 0 unspecified atom stereocenters. The summed E-state index contributed by atoms with van der Waals surface area (Å²) in [6.07, 6.45) is 4.48. The lowest BCUT2D eigenvalue weighted by molar-refractivity contribution is -0.146. The highest BCUT2D eigenvalue weighted by molar-refractivity contribution is 7.17. The Morgan fingerprint density at radius 1 is 1.13 bits per heavy atom. The molecule has 1 aromatic carbocycles. The first kappa shape index (κ1) is 20.6. The van der Waals surface area contributed by atoms with Crippen LogP contribution in [0.3, 0.4) is 0 Å². The molecule has 30 heavy (non-hydrogen) atoms. The van der Waals surface area contributed by atoms with E-state index in [1.807, 2.05) is 19.1 Å². The number of esters is 1. The van der Waals surface area contributed by atoms with Crippen molar-refractivity contribution in [1.82, 2.24) is 0 Å². The van der Waals surface area contributed by atoms with Gasteiger partial charge in [0.15, 0.2) is 0 Å². The van der Waals surface area contributed by atoms with Crippen LogP contribution in [0.15, 0.2) is 36.4 Å². The third kappa shape index (κ3) is 3.42. The molecule has 1 aromatic heterocycles. The van der Waals surface area contributed by atoms with E-state index in [9.17, 15) is 19.5 Å². The zero-order valence-corrected chi connectivity index (χ0v) is 17.9. The number of aliphatic carboxylic acids is 1. The number of carbonyl (C=O) groups excluding carboxylic acids is 2. The molecule has 0 saturated heterocycles. The molecule has 1 amide bonds. The van der Waals surface area contributed by atoms with Crippen molar-refractivity contribution in [2.24, 2.45) is 23.7 Å². The van der Waals surface area contributed by atoms with Crippen molar-refractivity contribution in [2.45, 2.75) is 13.3 Å². The Hall–Kier alpha value is -2.64. The highest BCUT2D eigenvalue weighted by Gasteiger charge is 2.51. The van der Waals surface area contributed by atoms with E-state index in [0.717, 1.165) is 10.4 Å². The Bertz CT molecular complexity index is 1060. The average molecular weight is 446 g/mol. The second-order valence-corrected chi connectivity index (χ2v) is 9.22. The van der Waals surface area contributed by atoms with Gasteiger partial charge in [0.05, 0.1) is 18.9 Å². The second kappa shape index (κ2) is 7.89. The number of ether oxygens (including phenoxy) is 1. The molecule has 0 aliphatic heterocycles. The first-order chi connectivity index (χ1) is 14.3. The van der Waals surface area contributed by atoms with Gasteiger partial charge in [0.25, 0.3) is 0 Å². The average Bonchev–Trinajstić information content (AvgIpc) is 3.41. The van der Waals surface area contributed by atoms with Crippen molar-refractivity contribution in [3.63, 3.8) is 0 Å². The Kier molecular flexibility index (Phi) is 5.42. The molecule has 0 spiro atoms. The highest BCUT2D eigenvalue weighted by atomic mass is 35.5. The minimum absolute atomic E-state index is 0.102. The number of allylic oxidation sites excluding steroid dienone is 2. The zero-order valence-electron chi connectivity index (χ0n) is 16.3. The van der Waals surface area contributed by atoms with Crippen molar-refractivity contribution >= 4 is 45.8 Å². The predicted molar refractivity (Wildman–Crippen MR) is 115 cm³/mol. The maximum atomic E-state index is 13.1. The van der Waals surface area contributed by atoms with Crippen molar-refractivity contribution in [3.8, 4) is 11.1 Å². The van der Waals surface area contributed by atoms with Crippen molar-refractivity contribution in [3.05, 3.63) is 51.9 Å².